The van der Waals surface area contributed by atoms with Gasteiger partial charge < -0.3 is 10.4 Å². The summed E-state index contributed by atoms with van der Waals surface area (Å²) in [5.41, 5.74) is 0.789. The van der Waals surface area contributed by atoms with E-state index < -0.39 is 23.3 Å². The minimum absolute atomic E-state index is 0.188. The molecule has 0 radical (unpaired) electrons. The predicted octanol–water partition coefficient (Wildman–Crippen LogP) is 2.07. The van der Waals surface area contributed by atoms with Crippen molar-refractivity contribution in [3.63, 3.8) is 0 Å². The van der Waals surface area contributed by atoms with E-state index in [0.29, 0.717) is 17.7 Å². The molecule has 1 aromatic carbocycles. The summed E-state index contributed by atoms with van der Waals surface area (Å²) in [5.74, 6) is -2.67. The Morgan fingerprint density at radius 1 is 1.38 bits per heavy atom. The van der Waals surface area contributed by atoms with Gasteiger partial charge in [-0.05, 0) is 24.6 Å². The maximum Gasteiger partial charge on any atom is 0.338 e. The van der Waals surface area contributed by atoms with Crippen molar-refractivity contribution in [2.24, 2.45) is 7.05 Å². The van der Waals surface area contributed by atoms with Gasteiger partial charge in [0, 0.05) is 18.9 Å². The first-order valence-corrected chi connectivity index (χ1v) is 6.29. The van der Waals surface area contributed by atoms with Gasteiger partial charge in [-0.2, -0.15) is 5.10 Å². The lowest BCUT2D eigenvalue weighted by molar-refractivity contribution is 0.0692. The minimum atomic E-state index is -1.36. The number of aromatic nitrogens is 2. The number of nitrogens with one attached hydrogen (secondary N) is 1. The molecule has 7 heteroatoms. The Morgan fingerprint density at radius 3 is 2.67 bits per heavy atom. The quantitative estimate of drug-likeness (QED) is 0.903. The Hall–Kier alpha value is -2.70. The fraction of sp³-hybridized carbons (Fsp3) is 0.214. The normalized spacial score (nSPS) is 10.4. The third-order valence-electron chi connectivity index (χ3n) is 2.94. The van der Waals surface area contributed by atoms with E-state index in [1.165, 1.54) is 10.7 Å². The lowest BCUT2D eigenvalue weighted by Gasteiger charge is -2.06. The van der Waals surface area contributed by atoms with E-state index in [2.05, 4.69) is 10.4 Å². The molecule has 6 nitrogen and oxygen atoms in total. The summed E-state index contributed by atoms with van der Waals surface area (Å²) in [6, 6.07) is 3.42. The Morgan fingerprint density at radius 2 is 2.10 bits per heavy atom. The van der Waals surface area contributed by atoms with Gasteiger partial charge in [0.05, 0.1) is 16.8 Å². The number of rotatable bonds is 4. The number of halogens is 1. The molecular weight excluding hydrogens is 277 g/mol. The number of hydrogen-bond donors (Lipinski definition) is 2. The smallest absolute Gasteiger partial charge is 0.338 e. The highest BCUT2D eigenvalue weighted by molar-refractivity contribution is 6.05. The Bertz CT molecular complexity index is 709. The number of anilines is 1. The van der Waals surface area contributed by atoms with E-state index >= 15 is 0 Å². The number of aryl methyl sites for hydroxylation is 2. The topological polar surface area (TPSA) is 84.2 Å². The molecule has 0 atom stereocenters. The summed E-state index contributed by atoms with van der Waals surface area (Å²) >= 11 is 0. The lowest BCUT2D eigenvalue weighted by Crippen LogP contribution is -2.13. The number of carbonyl (C=O) groups is 2. The van der Waals surface area contributed by atoms with Crippen LogP contribution in [0.5, 0.6) is 0 Å². The van der Waals surface area contributed by atoms with Gasteiger partial charge in [0.15, 0.2) is 0 Å². The van der Waals surface area contributed by atoms with Gasteiger partial charge in [-0.3, -0.25) is 9.48 Å². The van der Waals surface area contributed by atoms with Crippen molar-refractivity contribution < 1.29 is 19.1 Å². The molecule has 0 aliphatic rings. The fourth-order valence-corrected chi connectivity index (χ4v) is 1.95. The summed E-state index contributed by atoms with van der Waals surface area (Å²) < 4.78 is 15.1. The molecule has 1 heterocycles. The van der Waals surface area contributed by atoms with Gasteiger partial charge in [-0.1, -0.05) is 6.92 Å². The monoisotopic (exact) mass is 291 g/mol. The number of amides is 1. The van der Waals surface area contributed by atoms with Crippen LogP contribution in [0.25, 0.3) is 0 Å². The largest absolute Gasteiger partial charge is 0.478 e. The van der Waals surface area contributed by atoms with E-state index in [1.807, 2.05) is 6.92 Å². The van der Waals surface area contributed by atoms with Gasteiger partial charge in [0.1, 0.15) is 5.82 Å². The van der Waals surface area contributed by atoms with Crippen LogP contribution in [-0.2, 0) is 13.5 Å². The molecule has 0 saturated heterocycles. The van der Waals surface area contributed by atoms with E-state index in [4.69, 9.17) is 5.11 Å². The van der Waals surface area contributed by atoms with Crippen LogP contribution in [0.1, 0.15) is 33.3 Å². The van der Waals surface area contributed by atoms with E-state index in [-0.39, 0.29) is 5.69 Å². The first-order valence-electron chi connectivity index (χ1n) is 6.29. The molecule has 0 spiro atoms. The van der Waals surface area contributed by atoms with Crippen LogP contribution in [0.2, 0.25) is 0 Å². The molecule has 21 heavy (non-hydrogen) atoms. The molecule has 0 saturated carbocycles. The molecule has 0 bridgehead atoms. The second kappa shape index (κ2) is 5.74. The highest BCUT2D eigenvalue weighted by atomic mass is 19.1. The number of carboxylic acids is 1. The third kappa shape index (κ3) is 3.07. The van der Waals surface area contributed by atoms with Crippen molar-refractivity contribution in [2.45, 2.75) is 13.3 Å². The van der Waals surface area contributed by atoms with Crippen molar-refractivity contribution in [2.75, 3.05) is 5.32 Å². The Balaban J connectivity index is 2.23. The number of carbonyl (C=O) groups excluding carboxylic acids is 1. The lowest BCUT2D eigenvalue weighted by atomic mass is 10.1. The Kier molecular flexibility index (Phi) is 4.02. The van der Waals surface area contributed by atoms with Gasteiger partial charge in [-0.15, -0.1) is 0 Å². The first kappa shape index (κ1) is 14.7. The van der Waals surface area contributed by atoms with Crippen LogP contribution in [0.3, 0.4) is 0 Å². The van der Waals surface area contributed by atoms with Crippen LogP contribution >= 0.6 is 0 Å². The molecular formula is C14H14FN3O3. The first-order chi connectivity index (χ1) is 9.92. The van der Waals surface area contributed by atoms with Gasteiger partial charge >= 0.3 is 5.97 Å². The van der Waals surface area contributed by atoms with Crippen molar-refractivity contribution >= 4 is 17.6 Å². The number of nitrogens with zero attached hydrogens (tertiary/aromatic N) is 2. The zero-order valence-electron chi connectivity index (χ0n) is 11.6. The van der Waals surface area contributed by atoms with Gasteiger partial charge in [0.2, 0.25) is 0 Å². The summed E-state index contributed by atoms with van der Waals surface area (Å²) in [7, 11) is 1.71. The zero-order chi connectivity index (χ0) is 15.6. The van der Waals surface area contributed by atoms with E-state index in [0.717, 1.165) is 12.1 Å². The molecule has 1 aromatic heterocycles. The van der Waals surface area contributed by atoms with Crippen molar-refractivity contribution in [1.82, 2.24) is 9.78 Å². The van der Waals surface area contributed by atoms with Gasteiger partial charge in [-0.25, -0.2) is 9.18 Å². The molecule has 2 aromatic rings. The van der Waals surface area contributed by atoms with Crippen LogP contribution in [0.15, 0.2) is 24.4 Å². The predicted molar refractivity (Wildman–Crippen MR) is 73.9 cm³/mol. The number of aromatic carboxylic acids is 1. The number of hydrogen-bond acceptors (Lipinski definition) is 3. The fourth-order valence-electron chi connectivity index (χ4n) is 1.95. The average Bonchev–Trinajstić information content (AvgIpc) is 2.79. The second-order valence-corrected chi connectivity index (χ2v) is 4.47. The Labute approximate surface area is 120 Å². The standard InChI is InChI=1S/C14H14FN3O3/c1-3-12-10(7-18(2)17-12)13(19)16-8-4-5-9(14(20)21)11(15)6-8/h4-7H,3H2,1-2H3,(H,16,19)(H,20,21). The summed E-state index contributed by atoms with van der Waals surface area (Å²) in [4.78, 5) is 22.9. The number of benzene rings is 1. The van der Waals surface area contributed by atoms with Crippen molar-refractivity contribution in [3.05, 3.63) is 47.0 Å². The average molecular weight is 291 g/mol. The highest BCUT2D eigenvalue weighted by Crippen LogP contribution is 2.16. The zero-order valence-corrected chi connectivity index (χ0v) is 11.6. The molecule has 2 N–H and O–H groups in total. The maximum atomic E-state index is 13.6. The molecule has 2 rings (SSSR count). The van der Waals surface area contributed by atoms with E-state index in [1.54, 1.807) is 13.2 Å². The second-order valence-electron chi connectivity index (χ2n) is 4.47. The summed E-state index contributed by atoms with van der Waals surface area (Å²) in [6.45, 7) is 1.88. The molecule has 1 amide bonds. The summed E-state index contributed by atoms with van der Waals surface area (Å²) in [6.07, 6.45) is 2.17. The van der Waals surface area contributed by atoms with Crippen LogP contribution in [-0.4, -0.2) is 26.8 Å². The number of carboxylic acid groups (broad SMARTS) is 1. The highest BCUT2D eigenvalue weighted by Gasteiger charge is 2.16. The molecule has 0 aliphatic heterocycles. The van der Waals surface area contributed by atoms with Crippen molar-refractivity contribution in [1.29, 1.82) is 0 Å². The molecule has 0 aliphatic carbocycles. The molecule has 0 unspecified atom stereocenters. The van der Waals surface area contributed by atoms with Crippen LogP contribution < -0.4 is 5.32 Å². The SMILES string of the molecule is CCc1nn(C)cc1C(=O)Nc1ccc(C(=O)O)c(F)c1. The van der Waals surface area contributed by atoms with Crippen molar-refractivity contribution in [3.8, 4) is 0 Å². The van der Waals surface area contributed by atoms with Crippen LogP contribution in [0, 0.1) is 5.82 Å². The summed E-state index contributed by atoms with van der Waals surface area (Å²) in [5, 5.41) is 15.4. The minimum Gasteiger partial charge on any atom is -0.478 e. The third-order valence-corrected chi connectivity index (χ3v) is 2.94. The van der Waals surface area contributed by atoms with E-state index in [9.17, 15) is 14.0 Å². The van der Waals surface area contributed by atoms with Gasteiger partial charge in [0.25, 0.3) is 5.91 Å². The molecule has 110 valence electrons. The molecule has 0 fully saturated rings. The maximum absolute atomic E-state index is 13.6. The van der Waals surface area contributed by atoms with Crippen LogP contribution in [0.4, 0.5) is 10.1 Å².